The number of hydrogen-bond acceptors (Lipinski definition) is 3. The number of thioether (sulfide) groups is 1. The maximum atomic E-state index is 12.3. The van der Waals surface area contributed by atoms with Crippen LogP contribution in [-0.4, -0.2) is 27.5 Å². The number of aryl methyl sites for hydroxylation is 1. The highest BCUT2D eigenvalue weighted by Crippen LogP contribution is 2.29. The van der Waals surface area contributed by atoms with Crippen LogP contribution in [0.15, 0.2) is 12.3 Å². The van der Waals surface area contributed by atoms with Gasteiger partial charge >= 0.3 is 0 Å². The van der Waals surface area contributed by atoms with Crippen molar-refractivity contribution in [2.24, 2.45) is 0 Å². The molecule has 0 spiro atoms. The number of nitrogen functional groups attached to an aromatic ring is 1. The fourth-order valence-electron chi connectivity index (χ4n) is 2.70. The molecule has 1 amide bonds. The summed E-state index contributed by atoms with van der Waals surface area (Å²) >= 11 is 2.00. The minimum atomic E-state index is 0.00528. The first-order valence-corrected chi connectivity index (χ1v) is 8.07. The van der Waals surface area contributed by atoms with E-state index in [0.717, 1.165) is 25.1 Å². The van der Waals surface area contributed by atoms with Gasteiger partial charge in [-0.25, -0.2) is 0 Å². The fraction of sp³-hybridized carbons (Fsp3) is 0.643. The molecule has 1 aliphatic carbocycles. The van der Waals surface area contributed by atoms with Crippen molar-refractivity contribution in [3.63, 3.8) is 0 Å². The second-order valence-corrected chi connectivity index (χ2v) is 6.58. The normalized spacial score (nSPS) is 22.6. The van der Waals surface area contributed by atoms with Crippen LogP contribution in [0.2, 0.25) is 0 Å². The molecule has 2 rings (SSSR count). The highest BCUT2D eigenvalue weighted by molar-refractivity contribution is 7.99. The monoisotopic (exact) mass is 281 g/mol. The Morgan fingerprint density at radius 3 is 3.00 bits per heavy atom. The number of amides is 1. The van der Waals surface area contributed by atoms with Crippen molar-refractivity contribution in [2.75, 3.05) is 11.5 Å². The van der Waals surface area contributed by atoms with Gasteiger partial charge in [0.15, 0.2) is 0 Å². The Labute approximate surface area is 119 Å². The van der Waals surface area contributed by atoms with Gasteiger partial charge in [-0.05, 0) is 38.0 Å². The maximum Gasteiger partial charge on any atom is 0.268 e. The number of nitrogens with two attached hydrogens (primary N) is 1. The van der Waals surface area contributed by atoms with Gasteiger partial charge in [0.1, 0.15) is 5.69 Å². The molecule has 3 N–H and O–H groups in total. The van der Waals surface area contributed by atoms with E-state index in [1.165, 1.54) is 6.42 Å². The Hall–Kier alpha value is -1.10. The molecule has 5 heteroatoms. The minimum absolute atomic E-state index is 0.00528. The van der Waals surface area contributed by atoms with E-state index in [9.17, 15) is 4.79 Å². The van der Waals surface area contributed by atoms with Crippen molar-refractivity contribution in [1.29, 1.82) is 0 Å². The highest BCUT2D eigenvalue weighted by Gasteiger charge is 2.26. The summed E-state index contributed by atoms with van der Waals surface area (Å²) in [5.74, 6) is 1.16. The van der Waals surface area contributed by atoms with Gasteiger partial charge in [0, 0.05) is 24.0 Å². The lowest BCUT2D eigenvalue weighted by molar-refractivity contribution is 0.0928. The quantitative estimate of drug-likeness (QED) is 0.871. The lowest BCUT2D eigenvalue weighted by Gasteiger charge is -2.14. The molecule has 0 aliphatic heterocycles. The first-order chi connectivity index (χ1) is 9.13. The zero-order valence-electron chi connectivity index (χ0n) is 11.7. The smallest absolute Gasteiger partial charge is 0.268 e. The second-order valence-electron chi connectivity index (χ2n) is 5.01. The molecule has 19 heavy (non-hydrogen) atoms. The molecule has 0 aromatic carbocycles. The van der Waals surface area contributed by atoms with Crippen molar-refractivity contribution < 1.29 is 4.79 Å². The van der Waals surface area contributed by atoms with Crippen LogP contribution in [-0.2, 0) is 6.54 Å². The molecular weight excluding hydrogens is 258 g/mol. The molecule has 1 saturated carbocycles. The van der Waals surface area contributed by atoms with E-state index in [4.69, 9.17) is 5.73 Å². The number of nitrogens with one attached hydrogen (secondary N) is 1. The van der Waals surface area contributed by atoms with Crippen LogP contribution in [0.1, 0.15) is 43.6 Å². The average molecular weight is 281 g/mol. The highest BCUT2D eigenvalue weighted by atomic mass is 32.2. The van der Waals surface area contributed by atoms with Gasteiger partial charge in [-0.2, -0.15) is 11.8 Å². The molecule has 1 heterocycles. The van der Waals surface area contributed by atoms with Crippen molar-refractivity contribution >= 4 is 23.4 Å². The third-order valence-corrected chi connectivity index (χ3v) is 4.85. The van der Waals surface area contributed by atoms with Crippen molar-refractivity contribution in [3.8, 4) is 0 Å². The van der Waals surface area contributed by atoms with E-state index in [0.29, 0.717) is 22.7 Å². The van der Waals surface area contributed by atoms with Crippen LogP contribution in [0.5, 0.6) is 0 Å². The Bertz CT molecular complexity index is 444. The van der Waals surface area contributed by atoms with Crippen LogP contribution in [0.3, 0.4) is 0 Å². The lowest BCUT2D eigenvalue weighted by atomic mass is 10.2. The Morgan fingerprint density at radius 2 is 2.32 bits per heavy atom. The van der Waals surface area contributed by atoms with E-state index in [1.54, 1.807) is 6.07 Å². The van der Waals surface area contributed by atoms with Gasteiger partial charge < -0.3 is 15.6 Å². The third-order valence-electron chi connectivity index (χ3n) is 3.61. The number of nitrogens with zero attached hydrogens (tertiary/aromatic N) is 1. The Balaban J connectivity index is 1.94. The van der Waals surface area contributed by atoms with Crippen LogP contribution in [0.4, 0.5) is 5.69 Å². The number of rotatable bonds is 5. The Morgan fingerprint density at radius 1 is 1.53 bits per heavy atom. The number of hydrogen-bond donors (Lipinski definition) is 2. The molecule has 4 nitrogen and oxygen atoms in total. The summed E-state index contributed by atoms with van der Waals surface area (Å²) in [6, 6.07) is 2.07. The molecular formula is C14H23N3OS. The molecule has 1 fully saturated rings. The Kier molecular flexibility index (Phi) is 4.80. The van der Waals surface area contributed by atoms with Crippen LogP contribution >= 0.6 is 11.8 Å². The van der Waals surface area contributed by atoms with Gasteiger partial charge in [-0.1, -0.05) is 6.92 Å². The summed E-state index contributed by atoms with van der Waals surface area (Å²) in [5.41, 5.74) is 7.08. The zero-order valence-corrected chi connectivity index (χ0v) is 12.5. The molecule has 1 aliphatic rings. The molecule has 0 radical (unpaired) electrons. The average Bonchev–Trinajstić information content (AvgIpc) is 2.96. The number of carbonyl (C=O) groups excluding carboxylic acids is 1. The predicted molar refractivity (Wildman–Crippen MR) is 81.5 cm³/mol. The molecule has 2 unspecified atom stereocenters. The first kappa shape index (κ1) is 14.3. The van der Waals surface area contributed by atoms with Crippen molar-refractivity contribution in [1.82, 2.24) is 9.88 Å². The summed E-state index contributed by atoms with van der Waals surface area (Å²) in [6.45, 7) is 4.96. The van der Waals surface area contributed by atoms with Gasteiger partial charge in [0.05, 0.1) is 5.69 Å². The topological polar surface area (TPSA) is 60.1 Å². The summed E-state index contributed by atoms with van der Waals surface area (Å²) < 4.78 is 1.90. The maximum absolute atomic E-state index is 12.3. The van der Waals surface area contributed by atoms with Gasteiger partial charge in [0.25, 0.3) is 5.91 Å². The second kappa shape index (κ2) is 6.37. The lowest BCUT2D eigenvalue weighted by Crippen LogP contribution is -2.34. The fourth-order valence-corrected chi connectivity index (χ4v) is 3.85. The molecule has 0 bridgehead atoms. The third kappa shape index (κ3) is 3.47. The van der Waals surface area contributed by atoms with Gasteiger partial charge in [-0.15, -0.1) is 0 Å². The number of anilines is 1. The molecule has 1 aromatic rings. The molecule has 1 aromatic heterocycles. The molecule has 106 valence electrons. The van der Waals surface area contributed by atoms with Gasteiger partial charge in [0.2, 0.25) is 0 Å². The molecule has 0 saturated heterocycles. The minimum Gasteiger partial charge on any atom is -0.397 e. The summed E-state index contributed by atoms with van der Waals surface area (Å²) in [4.78, 5) is 12.3. The molecule has 2 atom stereocenters. The summed E-state index contributed by atoms with van der Waals surface area (Å²) in [6.07, 6.45) is 5.21. The van der Waals surface area contributed by atoms with E-state index in [1.807, 2.05) is 29.4 Å². The first-order valence-electron chi connectivity index (χ1n) is 7.02. The van der Waals surface area contributed by atoms with Gasteiger partial charge in [-0.3, -0.25) is 4.79 Å². The van der Waals surface area contributed by atoms with E-state index < -0.39 is 0 Å². The summed E-state index contributed by atoms with van der Waals surface area (Å²) in [7, 11) is 0. The van der Waals surface area contributed by atoms with Crippen LogP contribution < -0.4 is 11.1 Å². The van der Waals surface area contributed by atoms with Crippen LogP contribution in [0, 0.1) is 0 Å². The summed E-state index contributed by atoms with van der Waals surface area (Å²) in [5, 5.41) is 3.85. The van der Waals surface area contributed by atoms with E-state index >= 15 is 0 Å². The van der Waals surface area contributed by atoms with Crippen LogP contribution in [0.25, 0.3) is 0 Å². The largest absolute Gasteiger partial charge is 0.397 e. The van der Waals surface area contributed by atoms with E-state index in [2.05, 4.69) is 12.2 Å². The van der Waals surface area contributed by atoms with Crippen molar-refractivity contribution in [2.45, 2.75) is 50.9 Å². The number of carbonyl (C=O) groups is 1. The predicted octanol–water partition coefficient (Wildman–Crippen LogP) is 2.49. The van der Waals surface area contributed by atoms with Crippen molar-refractivity contribution in [3.05, 3.63) is 18.0 Å². The van der Waals surface area contributed by atoms with E-state index in [-0.39, 0.29) is 5.91 Å². The standard InChI is InChI=1S/C14H23N3OS/c1-3-17-9-10(15)7-13(17)14(18)16-11-5-6-12(8-11)19-4-2/h7,9,11-12H,3-6,8,15H2,1-2H3,(H,16,18). The zero-order chi connectivity index (χ0) is 13.8. The number of aromatic nitrogens is 1. The SMILES string of the molecule is CCSC1CCC(NC(=O)c2cc(N)cn2CC)C1.